The highest BCUT2D eigenvalue weighted by molar-refractivity contribution is 7.91. The summed E-state index contributed by atoms with van der Waals surface area (Å²) in [5.74, 6) is -0.413. The van der Waals surface area contributed by atoms with Crippen LogP contribution in [0.5, 0.6) is 0 Å². The highest BCUT2D eigenvalue weighted by Crippen LogP contribution is 2.37. The van der Waals surface area contributed by atoms with Gasteiger partial charge in [-0.05, 0) is 62.1 Å². The van der Waals surface area contributed by atoms with E-state index in [0.29, 0.717) is 31.0 Å². The second-order valence-corrected chi connectivity index (χ2v) is 13.3. The maximum atomic E-state index is 13.8. The molecule has 2 amide bonds. The predicted molar refractivity (Wildman–Crippen MR) is 136 cm³/mol. The summed E-state index contributed by atoms with van der Waals surface area (Å²) in [7, 11) is -9.39. The Labute approximate surface area is 234 Å². The van der Waals surface area contributed by atoms with Crippen LogP contribution in [0.15, 0.2) is 57.2 Å². The molecule has 0 spiro atoms. The van der Waals surface area contributed by atoms with Crippen molar-refractivity contribution in [3.05, 3.63) is 53.6 Å². The van der Waals surface area contributed by atoms with Crippen molar-refractivity contribution in [1.29, 1.82) is 5.26 Å². The number of sulfonamides is 1. The minimum atomic E-state index is -5.12. The molecule has 220 valence electrons. The van der Waals surface area contributed by atoms with Crippen molar-refractivity contribution in [2.45, 2.75) is 58.6 Å². The molecule has 1 atom stereocenters. The van der Waals surface area contributed by atoms with Crippen LogP contribution in [0.1, 0.15) is 36.8 Å². The van der Waals surface area contributed by atoms with Crippen molar-refractivity contribution in [1.82, 2.24) is 14.5 Å². The van der Waals surface area contributed by atoms with Crippen molar-refractivity contribution in [2.24, 2.45) is 0 Å². The minimum Gasteiger partial charge on any atom is -0.465 e. The molecule has 0 aromatic heterocycles. The molecule has 0 unspecified atom stereocenters. The summed E-state index contributed by atoms with van der Waals surface area (Å²) < 4.78 is 96.4. The number of benzene rings is 2. The number of nitrogens with one attached hydrogen (secondary N) is 1. The van der Waals surface area contributed by atoms with Crippen molar-refractivity contribution in [3.63, 3.8) is 0 Å². The molecule has 2 heterocycles. The summed E-state index contributed by atoms with van der Waals surface area (Å²) in [5.41, 5.74) is -1.57. The number of amides is 2. The number of carbonyl (C=O) groups is 2. The number of hydrogen-bond acceptors (Lipinski definition) is 7. The van der Waals surface area contributed by atoms with Crippen molar-refractivity contribution in [3.8, 4) is 6.07 Å². The van der Waals surface area contributed by atoms with Gasteiger partial charge in [0.15, 0.2) is 0 Å². The number of nitriles is 1. The predicted octanol–water partition coefficient (Wildman–Crippen LogP) is 2.82. The normalized spacial score (nSPS) is 18.7. The van der Waals surface area contributed by atoms with E-state index in [1.807, 2.05) is 0 Å². The molecular formula is C25H25F3N4O7S2. The lowest BCUT2D eigenvalue weighted by molar-refractivity contribution is -0.140. The van der Waals surface area contributed by atoms with Gasteiger partial charge in [0.1, 0.15) is 6.04 Å². The van der Waals surface area contributed by atoms with E-state index in [2.05, 4.69) is 4.72 Å². The van der Waals surface area contributed by atoms with Gasteiger partial charge in [-0.15, -0.1) is 0 Å². The topological polar surface area (TPSA) is 165 Å². The fourth-order valence-electron chi connectivity index (χ4n) is 4.96. The molecule has 0 bridgehead atoms. The first kappa shape index (κ1) is 30.3. The number of halogens is 3. The number of rotatable bonds is 6. The Morgan fingerprint density at radius 1 is 0.976 bits per heavy atom. The van der Waals surface area contributed by atoms with Crippen LogP contribution in [0.25, 0.3) is 0 Å². The van der Waals surface area contributed by atoms with Gasteiger partial charge >= 0.3 is 12.3 Å². The van der Waals surface area contributed by atoms with Crippen molar-refractivity contribution >= 4 is 31.9 Å². The number of likely N-dealkylation sites (tertiary alicyclic amines) is 2. The summed E-state index contributed by atoms with van der Waals surface area (Å²) in [6.45, 7) is 0.319. The summed E-state index contributed by atoms with van der Waals surface area (Å²) >= 11 is 0. The second-order valence-electron chi connectivity index (χ2n) is 9.65. The molecule has 0 radical (unpaired) electrons. The van der Waals surface area contributed by atoms with Crippen LogP contribution >= 0.6 is 0 Å². The molecule has 11 nitrogen and oxygen atoms in total. The molecule has 2 aromatic rings. The van der Waals surface area contributed by atoms with E-state index < -0.39 is 70.4 Å². The summed E-state index contributed by atoms with van der Waals surface area (Å²) in [5, 5.41) is 18.4. The zero-order valence-electron chi connectivity index (χ0n) is 21.3. The van der Waals surface area contributed by atoms with Crippen LogP contribution in [0, 0.1) is 11.3 Å². The zero-order chi connectivity index (χ0) is 30.2. The van der Waals surface area contributed by atoms with Gasteiger partial charge in [0, 0.05) is 25.7 Å². The maximum absolute atomic E-state index is 13.8. The fraction of sp³-hybridized carbons (Fsp3) is 0.400. The third-order valence-corrected chi connectivity index (χ3v) is 10.4. The molecule has 2 aliphatic heterocycles. The lowest BCUT2D eigenvalue weighted by Gasteiger charge is -2.35. The van der Waals surface area contributed by atoms with Crippen LogP contribution in [0.2, 0.25) is 0 Å². The highest BCUT2D eigenvalue weighted by Gasteiger charge is 2.41. The van der Waals surface area contributed by atoms with Gasteiger partial charge in [-0.3, -0.25) is 9.69 Å². The van der Waals surface area contributed by atoms with E-state index in [0.717, 1.165) is 17.0 Å². The first-order valence-corrected chi connectivity index (χ1v) is 15.4. The number of nitrogens with zero attached hydrogens (tertiary/aromatic N) is 3. The quantitative estimate of drug-likeness (QED) is 0.501. The highest BCUT2D eigenvalue weighted by atomic mass is 32.2. The van der Waals surface area contributed by atoms with Crippen LogP contribution in [-0.4, -0.2) is 75.5 Å². The monoisotopic (exact) mass is 614 g/mol. The Bertz CT molecular complexity index is 1610. The lowest BCUT2D eigenvalue weighted by atomic mass is 10.0. The van der Waals surface area contributed by atoms with E-state index in [4.69, 9.17) is 5.26 Å². The van der Waals surface area contributed by atoms with E-state index >= 15 is 0 Å². The van der Waals surface area contributed by atoms with Gasteiger partial charge < -0.3 is 10.0 Å². The first-order valence-electron chi connectivity index (χ1n) is 12.4. The van der Waals surface area contributed by atoms with E-state index in [1.54, 1.807) is 6.07 Å². The van der Waals surface area contributed by atoms with Crippen LogP contribution in [0.4, 0.5) is 18.0 Å². The lowest BCUT2D eigenvalue weighted by Crippen LogP contribution is -2.52. The smallest absolute Gasteiger partial charge is 0.417 e. The number of piperidine rings is 1. The number of hydrogen-bond donors (Lipinski definition) is 2. The van der Waals surface area contributed by atoms with Gasteiger partial charge in [0.25, 0.3) is 0 Å². The van der Waals surface area contributed by atoms with Crippen LogP contribution in [0.3, 0.4) is 0 Å². The maximum Gasteiger partial charge on any atom is 0.417 e. The largest absolute Gasteiger partial charge is 0.465 e. The Balaban J connectivity index is 1.57. The summed E-state index contributed by atoms with van der Waals surface area (Å²) in [6, 6.07) is 6.31. The molecule has 2 N–H and O–H groups in total. The van der Waals surface area contributed by atoms with Gasteiger partial charge in [-0.25, -0.2) is 26.4 Å². The van der Waals surface area contributed by atoms with Gasteiger partial charge in [0.05, 0.1) is 31.9 Å². The van der Waals surface area contributed by atoms with Gasteiger partial charge in [-0.1, -0.05) is 6.07 Å². The molecule has 2 aromatic carbocycles. The average Bonchev–Trinajstić information content (AvgIpc) is 3.43. The van der Waals surface area contributed by atoms with E-state index in [-0.39, 0.29) is 38.0 Å². The molecule has 0 saturated carbocycles. The standard InChI is InChI=1S/C25H25F3N4O7S2/c26-25(27,28)20-7-6-19(40(36,37)18-4-1-3-16(13-18)15-29)14-22(20)41(38,39)30-17-8-11-31(12-9-17)23(33)21-5-2-10-32(21)24(34)35/h1,3-4,6-7,13-14,17,21,30H,2,5,8-12H2,(H,34,35)/t21-/m0/s1. The van der Waals surface area contributed by atoms with Crippen LogP contribution in [-0.2, 0) is 30.8 Å². The molecule has 4 rings (SSSR count). The number of sulfone groups is 1. The fourth-order valence-corrected chi connectivity index (χ4v) is 7.92. The first-order chi connectivity index (χ1) is 19.1. The molecule has 2 aliphatic rings. The van der Waals surface area contributed by atoms with E-state index in [1.165, 1.54) is 17.0 Å². The number of alkyl halides is 3. The zero-order valence-corrected chi connectivity index (χ0v) is 23.0. The summed E-state index contributed by atoms with van der Waals surface area (Å²) in [4.78, 5) is 24.3. The number of carboxylic acid groups (broad SMARTS) is 1. The van der Waals surface area contributed by atoms with Crippen molar-refractivity contribution in [2.75, 3.05) is 19.6 Å². The molecule has 0 aliphatic carbocycles. The Hall–Kier alpha value is -3.68. The molecule has 2 saturated heterocycles. The van der Waals surface area contributed by atoms with Crippen LogP contribution < -0.4 is 4.72 Å². The molecule has 2 fully saturated rings. The number of carbonyl (C=O) groups excluding carboxylic acids is 1. The summed E-state index contributed by atoms with van der Waals surface area (Å²) in [6.07, 6.45) is -5.36. The minimum absolute atomic E-state index is 0.0130. The van der Waals surface area contributed by atoms with Gasteiger partial charge in [0.2, 0.25) is 25.8 Å². The SMILES string of the molecule is N#Cc1cccc(S(=O)(=O)c2ccc(C(F)(F)F)c(S(=O)(=O)NC3CCN(C(=O)[C@@H]4CCCN4C(=O)O)CC3)c2)c1. The van der Waals surface area contributed by atoms with E-state index in [9.17, 15) is 44.7 Å². The molecule has 41 heavy (non-hydrogen) atoms. The Kier molecular flexibility index (Phi) is 8.35. The third kappa shape index (κ3) is 6.31. The molecular weight excluding hydrogens is 589 g/mol. The average molecular weight is 615 g/mol. The van der Waals surface area contributed by atoms with Gasteiger partial charge in [-0.2, -0.15) is 18.4 Å². The third-order valence-electron chi connectivity index (χ3n) is 7.04. The van der Waals surface area contributed by atoms with Crippen molar-refractivity contribution < 1.29 is 44.7 Å². The molecule has 16 heteroatoms. The second kappa shape index (κ2) is 11.3. The Morgan fingerprint density at radius 3 is 2.24 bits per heavy atom. The Morgan fingerprint density at radius 2 is 1.63 bits per heavy atom.